The molecule has 0 radical (unpaired) electrons. The van der Waals surface area contributed by atoms with E-state index in [9.17, 15) is 4.79 Å². The monoisotopic (exact) mass is 244 g/mol. The first kappa shape index (κ1) is 9.81. The minimum atomic E-state index is 0.121. The fraction of sp³-hybridized carbons (Fsp3) is 0.222. The van der Waals surface area contributed by atoms with Gasteiger partial charge in [0.25, 0.3) is 0 Å². The molecule has 0 bridgehead atoms. The lowest BCUT2D eigenvalue weighted by molar-refractivity contribution is -0.109. The third kappa shape index (κ3) is 2.35. The summed E-state index contributed by atoms with van der Waals surface area (Å²) in [6.45, 7) is 3.57. The van der Waals surface area contributed by atoms with Crippen molar-refractivity contribution in [2.24, 2.45) is 0 Å². The van der Waals surface area contributed by atoms with Crippen molar-refractivity contribution in [3.63, 3.8) is 0 Å². The first-order valence-electron chi connectivity index (χ1n) is 3.55. The van der Waals surface area contributed by atoms with Gasteiger partial charge in [-0.05, 0) is 24.6 Å². The molecule has 0 aliphatic heterocycles. The zero-order valence-corrected chi connectivity index (χ0v) is 9.33. The van der Waals surface area contributed by atoms with Crippen molar-refractivity contribution in [1.29, 1.82) is 0 Å². The second-order valence-corrected chi connectivity index (χ2v) is 4.53. The van der Waals surface area contributed by atoms with Crippen molar-refractivity contribution in [3.05, 3.63) is 28.2 Å². The number of hydrogen-bond donors (Lipinski definition) is 0. The van der Waals surface area contributed by atoms with Gasteiger partial charge in [-0.15, -0.1) is 0 Å². The number of hydrogen-bond acceptors (Lipinski definition) is 2. The lowest BCUT2D eigenvalue weighted by Crippen LogP contribution is -1.85. The van der Waals surface area contributed by atoms with Gasteiger partial charge in [0.15, 0.2) is 5.12 Å². The van der Waals surface area contributed by atoms with Crippen molar-refractivity contribution >= 4 is 32.8 Å². The van der Waals surface area contributed by atoms with Gasteiger partial charge in [-0.2, -0.15) is 0 Å². The molecule has 1 rings (SSSR count). The van der Waals surface area contributed by atoms with E-state index in [-0.39, 0.29) is 5.12 Å². The van der Waals surface area contributed by atoms with Crippen LogP contribution >= 0.6 is 27.7 Å². The molecule has 0 atom stereocenters. The quantitative estimate of drug-likeness (QED) is 0.705. The second-order valence-electron chi connectivity index (χ2n) is 2.46. The Morgan fingerprint density at radius 2 is 2.17 bits per heavy atom. The van der Waals surface area contributed by atoms with Crippen molar-refractivity contribution in [2.75, 3.05) is 0 Å². The predicted molar refractivity (Wildman–Crippen MR) is 55.4 cm³/mol. The van der Waals surface area contributed by atoms with Crippen LogP contribution in [0.4, 0.5) is 0 Å². The van der Waals surface area contributed by atoms with Crippen molar-refractivity contribution in [2.45, 2.75) is 18.7 Å². The fourth-order valence-corrected chi connectivity index (χ4v) is 2.07. The molecular formula is C9H9BrOS. The summed E-state index contributed by atoms with van der Waals surface area (Å²) in [6, 6.07) is 5.86. The highest BCUT2D eigenvalue weighted by molar-refractivity contribution is 9.10. The number of benzene rings is 1. The largest absolute Gasteiger partial charge is 0.287 e. The normalized spacial score (nSPS) is 9.92. The molecule has 1 aromatic carbocycles. The van der Waals surface area contributed by atoms with Crippen LogP contribution in [0.3, 0.4) is 0 Å². The second kappa shape index (κ2) is 4.10. The number of carbonyl (C=O) groups excluding carboxylic acids is 1. The first-order valence-corrected chi connectivity index (χ1v) is 5.15. The molecule has 0 aliphatic rings. The van der Waals surface area contributed by atoms with Crippen LogP contribution in [0, 0.1) is 6.92 Å². The van der Waals surface area contributed by atoms with Gasteiger partial charge >= 0.3 is 0 Å². The van der Waals surface area contributed by atoms with E-state index in [2.05, 4.69) is 15.9 Å². The van der Waals surface area contributed by atoms with Crippen molar-refractivity contribution < 1.29 is 4.79 Å². The molecule has 64 valence electrons. The van der Waals surface area contributed by atoms with E-state index < -0.39 is 0 Å². The molecule has 0 N–H and O–H groups in total. The molecule has 1 aromatic rings. The lowest BCUT2D eigenvalue weighted by Gasteiger charge is -2.03. The fourth-order valence-electron chi connectivity index (χ4n) is 0.853. The van der Waals surface area contributed by atoms with E-state index in [1.165, 1.54) is 11.8 Å². The third-order valence-corrected chi connectivity index (χ3v) is 3.28. The number of rotatable bonds is 1. The number of thioether (sulfide) groups is 1. The third-order valence-electron chi connectivity index (χ3n) is 1.47. The molecule has 0 aromatic heterocycles. The average Bonchev–Trinajstić information content (AvgIpc) is 1.98. The lowest BCUT2D eigenvalue weighted by atomic mass is 10.2. The Bertz CT molecular complexity index is 309. The molecule has 0 unspecified atom stereocenters. The number of halogens is 1. The standard InChI is InChI=1S/C9H9BrOS/c1-6-8(10)4-3-5-9(6)12-7(2)11/h3-5H,1-2H3. The van der Waals surface area contributed by atoms with Crippen LogP contribution in [0.2, 0.25) is 0 Å². The van der Waals surface area contributed by atoms with Crippen LogP contribution in [0.25, 0.3) is 0 Å². The molecule has 0 fully saturated rings. The molecule has 0 saturated heterocycles. The topological polar surface area (TPSA) is 17.1 Å². The van der Waals surface area contributed by atoms with Gasteiger partial charge in [0, 0.05) is 16.3 Å². The summed E-state index contributed by atoms with van der Waals surface area (Å²) < 4.78 is 1.05. The van der Waals surface area contributed by atoms with Crippen LogP contribution in [-0.4, -0.2) is 5.12 Å². The molecule has 1 nitrogen and oxygen atoms in total. The Balaban J connectivity index is 3.00. The van der Waals surface area contributed by atoms with Gasteiger partial charge < -0.3 is 0 Å². The van der Waals surface area contributed by atoms with Gasteiger partial charge in [0.2, 0.25) is 0 Å². The molecular weight excluding hydrogens is 236 g/mol. The average molecular weight is 245 g/mol. The minimum Gasteiger partial charge on any atom is -0.287 e. The minimum absolute atomic E-state index is 0.121. The van der Waals surface area contributed by atoms with Crippen molar-refractivity contribution in [3.8, 4) is 0 Å². The molecule has 0 heterocycles. The summed E-state index contributed by atoms with van der Waals surface area (Å²) in [5.41, 5.74) is 1.12. The van der Waals surface area contributed by atoms with Crippen LogP contribution in [-0.2, 0) is 4.79 Å². The van der Waals surface area contributed by atoms with Crippen LogP contribution < -0.4 is 0 Å². The highest BCUT2D eigenvalue weighted by Gasteiger charge is 2.03. The highest BCUT2D eigenvalue weighted by Crippen LogP contribution is 2.27. The van der Waals surface area contributed by atoms with E-state index in [1.807, 2.05) is 25.1 Å². The van der Waals surface area contributed by atoms with Crippen LogP contribution in [0.1, 0.15) is 12.5 Å². The summed E-state index contributed by atoms with van der Waals surface area (Å²) in [5, 5.41) is 0.121. The molecule has 12 heavy (non-hydrogen) atoms. The van der Waals surface area contributed by atoms with E-state index in [0.29, 0.717) is 0 Å². The summed E-state index contributed by atoms with van der Waals surface area (Å²) in [5.74, 6) is 0. The Hall–Kier alpha value is -0.280. The summed E-state index contributed by atoms with van der Waals surface area (Å²) in [4.78, 5) is 11.8. The van der Waals surface area contributed by atoms with Gasteiger partial charge in [-0.3, -0.25) is 4.79 Å². The van der Waals surface area contributed by atoms with Gasteiger partial charge in [-0.1, -0.05) is 33.8 Å². The van der Waals surface area contributed by atoms with E-state index in [4.69, 9.17) is 0 Å². The zero-order valence-electron chi connectivity index (χ0n) is 6.93. The summed E-state index contributed by atoms with van der Waals surface area (Å²) in [6.07, 6.45) is 0. The van der Waals surface area contributed by atoms with E-state index >= 15 is 0 Å². The Morgan fingerprint density at radius 1 is 1.50 bits per heavy atom. The number of carbonyl (C=O) groups is 1. The zero-order chi connectivity index (χ0) is 9.14. The van der Waals surface area contributed by atoms with Gasteiger partial charge in [-0.25, -0.2) is 0 Å². The maximum absolute atomic E-state index is 10.8. The molecule has 0 amide bonds. The maximum Gasteiger partial charge on any atom is 0.190 e. The maximum atomic E-state index is 10.8. The Kier molecular flexibility index (Phi) is 3.35. The van der Waals surface area contributed by atoms with Gasteiger partial charge in [0.1, 0.15) is 0 Å². The van der Waals surface area contributed by atoms with Gasteiger partial charge in [0.05, 0.1) is 0 Å². The molecule has 0 saturated carbocycles. The smallest absolute Gasteiger partial charge is 0.190 e. The summed E-state index contributed by atoms with van der Waals surface area (Å²) >= 11 is 4.68. The van der Waals surface area contributed by atoms with Crippen LogP contribution in [0.15, 0.2) is 27.6 Å². The van der Waals surface area contributed by atoms with E-state index in [0.717, 1.165) is 14.9 Å². The molecule has 3 heteroatoms. The SMILES string of the molecule is CC(=O)Sc1cccc(Br)c1C. The highest BCUT2D eigenvalue weighted by atomic mass is 79.9. The van der Waals surface area contributed by atoms with Crippen molar-refractivity contribution in [1.82, 2.24) is 0 Å². The molecule has 0 aliphatic carbocycles. The van der Waals surface area contributed by atoms with E-state index in [1.54, 1.807) is 6.92 Å². The Morgan fingerprint density at radius 3 is 2.75 bits per heavy atom. The molecule has 0 spiro atoms. The first-order chi connectivity index (χ1) is 5.61. The predicted octanol–water partition coefficient (Wildman–Crippen LogP) is 3.40. The summed E-state index contributed by atoms with van der Waals surface area (Å²) in [7, 11) is 0. The van der Waals surface area contributed by atoms with Crippen LogP contribution in [0.5, 0.6) is 0 Å². The Labute approximate surface area is 84.7 Å².